The normalized spacial score (nSPS) is 11.3. The topological polar surface area (TPSA) is 97.7 Å². The fourth-order valence-corrected chi connectivity index (χ4v) is 4.90. The molecule has 8 nitrogen and oxygen atoms in total. The minimum atomic E-state index is -3.95. The summed E-state index contributed by atoms with van der Waals surface area (Å²) in [5.74, 6) is -0.831. The number of hydrogen-bond donors (Lipinski definition) is 1. The molecule has 0 aliphatic heterocycles. The van der Waals surface area contributed by atoms with Gasteiger partial charge in [0.2, 0.25) is 11.8 Å². The minimum Gasteiger partial charge on any atom is -0.497 e. The fourth-order valence-electron chi connectivity index (χ4n) is 3.54. The van der Waals surface area contributed by atoms with Gasteiger partial charge in [0.25, 0.3) is 0 Å². The first kappa shape index (κ1) is 23.3. The third kappa shape index (κ3) is 5.11. The maximum atomic E-state index is 13.1. The van der Waals surface area contributed by atoms with Gasteiger partial charge in [0.05, 0.1) is 12.0 Å². The molecule has 0 spiro atoms. The second-order valence-corrected chi connectivity index (χ2v) is 9.20. The van der Waals surface area contributed by atoms with E-state index in [0.717, 1.165) is 0 Å². The van der Waals surface area contributed by atoms with Gasteiger partial charge in [0.15, 0.2) is 9.84 Å². The number of benzene rings is 2. The molecule has 0 unspecified atom stereocenters. The van der Waals surface area contributed by atoms with Crippen LogP contribution in [0.3, 0.4) is 0 Å². The summed E-state index contributed by atoms with van der Waals surface area (Å²) in [7, 11) is -2.41. The molecule has 2 aromatic carbocycles. The number of fused-ring (bicyclic) bond motifs is 1. The quantitative estimate of drug-likeness (QED) is 0.533. The SMILES string of the molecule is CCN(CC)C(=O)Cn1cc(S(=O)(=O)CC(=O)Nc2ccc(OC)cc2)c2ccccc21. The van der Waals surface area contributed by atoms with E-state index in [1.54, 1.807) is 58.0 Å². The molecule has 0 saturated carbocycles. The highest BCUT2D eigenvalue weighted by Crippen LogP contribution is 2.27. The van der Waals surface area contributed by atoms with E-state index in [9.17, 15) is 18.0 Å². The molecule has 3 rings (SSSR count). The highest BCUT2D eigenvalue weighted by Gasteiger charge is 2.25. The molecule has 9 heteroatoms. The van der Waals surface area contributed by atoms with E-state index in [1.807, 2.05) is 13.8 Å². The molecule has 0 saturated heterocycles. The van der Waals surface area contributed by atoms with Gasteiger partial charge in [-0.1, -0.05) is 18.2 Å². The average Bonchev–Trinajstić information content (AvgIpc) is 3.14. The molecule has 3 aromatic rings. The third-order valence-electron chi connectivity index (χ3n) is 5.20. The Hall–Kier alpha value is -3.33. The lowest BCUT2D eigenvalue weighted by molar-refractivity contribution is -0.131. The number of likely N-dealkylation sites (N-methyl/N-ethyl adjacent to an activating group) is 1. The molecule has 0 bridgehead atoms. The number of carbonyl (C=O) groups is 2. The summed E-state index contributed by atoms with van der Waals surface area (Å²) in [6.45, 7) is 4.96. The van der Waals surface area contributed by atoms with Gasteiger partial charge >= 0.3 is 0 Å². The predicted molar refractivity (Wildman–Crippen MR) is 124 cm³/mol. The highest BCUT2D eigenvalue weighted by atomic mass is 32.2. The van der Waals surface area contributed by atoms with E-state index in [1.165, 1.54) is 13.3 Å². The number of nitrogens with one attached hydrogen (secondary N) is 1. The van der Waals surface area contributed by atoms with Crippen LogP contribution < -0.4 is 10.1 Å². The predicted octanol–water partition coefficient (Wildman–Crippen LogP) is 2.93. The second-order valence-electron chi connectivity index (χ2n) is 7.24. The molecule has 0 fully saturated rings. The number of carbonyl (C=O) groups excluding carboxylic acids is 2. The number of nitrogens with zero attached hydrogens (tertiary/aromatic N) is 2. The lowest BCUT2D eigenvalue weighted by atomic mass is 10.2. The van der Waals surface area contributed by atoms with E-state index >= 15 is 0 Å². The van der Waals surface area contributed by atoms with E-state index in [4.69, 9.17) is 4.74 Å². The second kappa shape index (κ2) is 9.86. The van der Waals surface area contributed by atoms with Crippen LogP contribution in [0.15, 0.2) is 59.6 Å². The van der Waals surface area contributed by atoms with Gasteiger partial charge < -0.3 is 19.5 Å². The van der Waals surface area contributed by atoms with Crippen LogP contribution in [-0.2, 0) is 26.0 Å². The molecule has 0 atom stereocenters. The summed E-state index contributed by atoms with van der Waals surface area (Å²) in [5.41, 5.74) is 1.10. The number of anilines is 1. The summed E-state index contributed by atoms with van der Waals surface area (Å²) in [5, 5.41) is 3.08. The smallest absolute Gasteiger partial charge is 0.242 e. The Bertz CT molecular complexity index is 1210. The number of sulfone groups is 1. The van der Waals surface area contributed by atoms with Gasteiger partial charge in [-0.3, -0.25) is 9.59 Å². The van der Waals surface area contributed by atoms with Crippen molar-refractivity contribution in [2.45, 2.75) is 25.3 Å². The summed E-state index contributed by atoms with van der Waals surface area (Å²) in [6, 6.07) is 13.6. The maximum absolute atomic E-state index is 13.1. The number of aromatic nitrogens is 1. The number of para-hydroxylation sites is 1. The molecule has 1 heterocycles. The maximum Gasteiger partial charge on any atom is 0.242 e. The van der Waals surface area contributed by atoms with E-state index in [-0.39, 0.29) is 17.3 Å². The van der Waals surface area contributed by atoms with Crippen molar-refractivity contribution in [1.82, 2.24) is 9.47 Å². The number of hydrogen-bond acceptors (Lipinski definition) is 5. The van der Waals surface area contributed by atoms with Crippen LogP contribution in [0.5, 0.6) is 5.75 Å². The number of amides is 2. The molecule has 0 aliphatic carbocycles. The van der Waals surface area contributed by atoms with Gasteiger partial charge in [-0.25, -0.2) is 8.42 Å². The Morgan fingerprint density at radius 1 is 1.03 bits per heavy atom. The fraction of sp³-hybridized carbons (Fsp3) is 0.304. The molecule has 170 valence electrons. The molecular formula is C23H27N3O5S. The number of methoxy groups -OCH3 is 1. The molecule has 0 aliphatic rings. The Kier molecular flexibility index (Phi) is 7.19. The van der Waals surface area contributed by atoms with E-state index in [2.05, 4.69) is 5.32 Å². The standard InChI is InChI=1S/C23H27N3O5S/c1-4-25(5-2)23(28)15-26-14-21(19-8-6-7-9-20(19)26)32(29,30)16-22(27)24-17-10-12-18(31-3)13-11-17/h6-14H,4-5,15-16H2,1-3H3,(H,24,27). The Morgan fingerprint density at radius 2 is 1.69 bits per heavy atom. The molecule has 0 radical (unpaired) electrons. The van der Waals surface area contributed by atoms with Crippen molar-refractivity contribution in [3.8, 4) is 5.75 Å². The van der Waals surface area contributed by atoms with Crippen LogP contribution in [0.4, 0.5) is 5.69 Å². The van der Waals surface area contributed by atoms with Crippen molar-refractivity contribution >= 4 is 38.2 Å². The Balaban J connectivity index is 1.85. The molecule has 1 N–H and O–H groups in total. The van der Waals surface area contributed by atoms with Crippen molar-refractivity contribution in [1.29, 1.82) is 0 Å². The number of rotatable bonds is 9. The molecular weight excluding hydrogens is 430 g/mol. The zero-order chi connectivity index (χ0) is 23.3. The Morgan fingerprint density at radius 3 is 2.31 bits per heavy atom. The monoisotopic (exact) mass is 457 g/mol. The van der Waals surface area contributed by atoms with E-state index in [0.29, 0.717) is 35.4 Å². The first-order valence-corrected chi connectivity index (χ1v) is 12.0. The van der Waals surface area contributed by atoms with Crippen molar-refractivity contribution in [3.05, 3.63) is 54.7 Å². The molecule has 32 heavy (non-hydrogen) atoms. The summed E-state index contributed by atoms with van der Waals surface area (Å²) in [4.78, 5) is 26.8. The minimum absolute atomic E-state index is 0.0236. The largest absolute Gasteiger partial charge is 0.497 e. The zero-order valence-electron chi connectivity index (χ0n) is 18.4. The number of ether oxygens (including phenoxy) is 1. The summed E-state index contributed by atoms with van der Waals surface area (Å²) in [6.07, 6.45) is 1.45. The van der Waals surface area contributed by atoms with Crippen LogP contribution in [0, 0.1) is 0 Å². The van der Waals surface area contributed by atoms with Crippen LogP contribution in [0.2, 0.25) is 0 Å². The van der Waals surface area contributed by atoms with Crippen molar-refractivity contribution in [2.24, 2.45) is 0 Å². The average molecular weight is 458 g/mol. The third-order valence-corrected chi connectivity index (χ3v) is 6.84. The first-order valence-electron chi connectivity index (χ1n) is 10.3. The van der Waals surface area contributed by atoms with Crippen LogP contribution >= 0.6 is 0 Å². The lowest BCUT2D eigenvalue weighted by Gasteiger charge is -2.19. The van der Waals surface area contributed by atoms with E-state index < -0.39 is 21.5 Å². The van der Waals surface area contributed by atoms with Crippen molar-refractivity contribution < 1.29 is 22.7 Å². The molecule has 2 amide bonds. The first-order chi connectivity index (χ1) is 15.3. The highest BCUT2D eigenvalue weighted by molar-refractivity contribution is 7.92. The Labute approximate surface area is 187 Å². The lowest BCUT2D eigenvalue weighted by Crippen LogP contribution is -2.33. The zero-order valence-corrected chi connectivity index (χ0v) is 19.2. The van der Waals surface area contributed by atoms with Crippen molar-refractivity contribution in [3.63, 3.8) is 0 Å². The van der Waals surface area contributed by atoms with Gasteiger partial charge in [0.1, 0.15) is 18.0 Å². The van der Waals surface area contributed by atoms with Gasteiger partial charge in [-0.15, -0.1) is 0 Å². The summed E-state index contributed by atoms with van der Waals surface area (Å²) < 4.78 is 32.9. The van der Waals surface area contributed by atoms with Gasteiger partial charge in [-0.2, -0.15) is 0 Å². The van der Waals surface area contributed by atoms with Crippen LogP contribution in [-0.4, -0.2) is 55.7 Å². The van der Waals surface area contributed by atoms with Gasteiger partial charge in [0, 0.05) is 35.9 Å². The van der Waals surface area contributed by atoms with Crippen LogP contribution in [0.1, 0.15) is 13.8 Å². The summed E-state index contributed by atoms with van der Waals surface area (Å²) >= 11 is 0. The van der Waals surface area contributed by atoms with Crippen molar-refractivity contribution in [2.75, 3.05) is 31.3 Å². The van der Waals surface area contributed by atoms with Gasteiger partial charge in [-0.05, 0) is 44.2 Å². The molecule has 1 aromatic heterocycles. The van der Waals surface area contributed by atoms with Crippen LogP contribution in [0.25, 0.3) is 10.9 Å².